The van der Waals surface area contributed by atoms with Gasteiger partial charge in [-0.2, -0.15) is 0 Å². The number of para-hydroxylation sites is 1. The van der Waals surface area contributed by atoms with Crippen LogP contribution in [-0.4, -0.2) is 77.1 Å². The first-order chi connectivity index (χ1) is 19.4. The van der Waals surface area contributed by atoms with Gasteiger partial charge >= 0.3 is 0 Å². The number of carbonyl (C=O) groups excluding carboxylic acids is 3. The summed E-state index contributed by atoms with van der Waals surface area (Å²) >= 11 is 6.41. The summed E-state index contributed by atoms with van der Waals surface area (Å²) in [6.07, 6.45) is 0.305. The summed E-state index contributed by atoms with van der Waals surface area (Å²) < 4.78 is 29.6. The van der Waals surface area contributed by atoms with Crippen LogP contribution in [-0.2, 0) is 29.0 Å². The lowest BCUT2D eigenvalue weighted by Crippen LogP contribution is -2.39. The van der Waals surface area contributed by atoms with Crippen LogP contribution in [0.15, 0.2) is 53.4 Å². The lowest BCUT2D eigenvalue weighted by atomic mass is 10.1. The molecule has 5 rings (SSSR count). The molecule has 0 saturated carbocycles. The van der Waals surface area contributed by atoms with Crippen LogP contribution in [0.2, 0.25) is 0 Å². The SMILES string of the molecule is CC(=O)O.CCOc1ccc(NC(=O)CN2C(=O)/C(=C3\SC(=S)N(C4CCS(=O)(=O)C4)C3=O)c3ccccc32)cc1. The number of amides is 3. The molecule has 3 amide bonds. The fraction of sp³-hybridized carbons (Fsp3) is 0.296. The molecule has 0 radical (unpaired) electrons. The molecule has 0 aromatic heterocycles. The van der Waals surface area contributed by atoms with Crippen molar-refractivity contribution >= 4 is 78.8 Å². The van der Waals surface area contributed by atoms with Crippen molar-refractivity contribution < 1.29 is 37.4 Å². The quantitative estimate of drug-likeness (QED) is 0.366. The van der Waals surface area contributed by atoms with Crippen LogP contribution in [0.1, 0.15) is 25.8 Å². The first-order valence-corrected chi connectivity index (χ1v) is 15.6. The Balaban J connectivity index is 0.000000909. The largest absolute Gasteiger partial charge is 0.494 e. The second kappa shape index (κ2) is 12.4. The highest BCUT2D eigenvalue weighted by Gasteiger charge is 2.46. The molecule has 11 nitrogen and oxygen atoms in total. The molecule has 0 aliphatic carbocycles. The maximum Gasteiger partial charge on any atom is 0.300 e. The number of thioether (sulfide) groups is 1. The van der Waals surface area contributed by atoms with Crippen molar-refractivity contribution in [2.75, 3.05) is 34.9 Å². The maximum atomic E-state index is 13.6. The van der Waals surface area contributed by atoms with Gasteiger partial charge in [-0.05, 0) is 43.7 Å². The fourth-order valence-electron chi connectivity index (χ4n) is 4.63. The normalized spacial score (nSPS) is 20.9. The molecule has 1 atom stereocenters. The number of thiocarbonyl (C=S) groups is 1. The van der Waals surface area contributed by atoms with Crippen molar-refractivity contribution in [1.29, 1.82) is 0 Å². The summed E-state index contributed by atoms with van der Waals surface area (Å²) in [4.78, 5) is 51.7. The number of carboxylic acid groups (broad SMARTS) is 1. The summed E-state index contributed by atoms with van der Waals surface area (Å²) in [5.74, 6) is -1.67. The summed E-state index contributed by atoms with van der Waals surface area (Å²) in [6, 6.07) is 13.3. The number of hydrogen-bond donors (Lipinski definition) is 2. The molecular formula is C27H27N3O8S3. The first-order valence-electron chi connectivity index (χ1n) is 12.6. The zero-order valence-corrected chi connectivity index (χ0v) is 24.6. The molecule has 1 unspecified atom stereocenters. The van der Waals surface area contributed by atoms with Crippen LogP contribution in [0.3, 0.4) is 0 Å². The predicted molar refractivity (Wildman–Crippen MR) is 159 cm³/mol. The van der Waals surface area contributed by atoms with Gasteiger partial charge in [-0.1, -0.05) is 42.2 Å². The standard InChI is InChI=1S/C25H23N3O6S3.C2H4O2/c1-2-34-17-9-7-15(8-10-17)26-20(29)13-27-19-6-4-3-5-18(19)21(23(27)30)22-24(31)28(25(35)36-22)16-11-12-37(32,33)14-16;1-2(3)4/h3-10,16H,2,11-14H2,1H3,(H,26,29);1H3,(H,3,4)/b22-21-;. The summed E-state index contributed by atoms with van der Waals surface area (Å²) in [5, 5.41) is 10.2. The van der Waals surface area contributed by atoms with E-state index in [4.69, 9.17) is 26.9 Å². The van der Waals surface area contributed by atoms with E-state index >= 15 is 0 Å². The van der Waals surface area contributed by atoms with Crippen molar-refractivity contribution in [3.63, 3.8) is 0 Å². The van der Waals surface area contributed by atoms with Gasteiger partial charge in [-0.3, -0.25) is 29.0 Å². The number of rotatable bonds is 6. The molecule has 0 spiro atoms. The van der Waals surface area contributed by atoms with E-state index in [1.165, 1.54) is 9.80 Å². The van der Waals surface area contributed by atoms with E-state index in [9.17, 15) is 22.8 Å². The number of fused-ring (bicyclic) bond motifs is 1. The molecule has 2 fully saturated rings. The Bertz CT molecular complexity index is 1550. The fourth-order valence-corrected chi connectivity index (χ4v) is 7.80. The Morgan fingerprint density at radius 1 is 1.12 bits per heavy atom. The van der Waals surface area contributed by atoms with E-state index in [0.717, 1.165) is 18.7 Å². The number of carboxylic acids is 1. The van der Waals surface area contributed by atoms with Crippen LogP contribution >= 0.6 is 24.0 Å². The van der Waals surface area contributed by atoms with Crippen molar-refractivity contribution in [2.24, 2.45) is 0 Å². The molecule has 14 heteroatoms. The third kappa shape index (κ3) is 6.77. The Morgan fingerprint density at radius 3 is 2.39 bits per heavy atom. The zero-order valence-electron chi connectivity index (χ0n) is 22.2. The number of ether oxygens (including phenoxy) is 1. The summed E-state index contributed by atoms with van der Waals surface area (Å²) in [6.45, 7) is 3.24. The van der Waals surface area contributed by atoms with E-state index in [0.29, 0.717) is 35.7 Å². The number of hydrogen-bond acceptors (Lipinski definition) is 9. The third-order valence-corrected chi connectivity index (χ3v) is 9.42. The lowest BCUT2D eigenvalue weighted by molar-refractivity contribution is -0.134. The minimum atomic E-state index is -3.23. The Hall–Kier alpha value is -3.75. The molecule has 2 aromatic carbocycles. The van der Waals surface area contributed by atoms with Gasteiger partial charge in [-0.15, -0.1) is 0 Å². The molecule has 2 N–H and O–H groups in total. The van der Waals surface area contributed by atoms with Crippen LogP contribution in [0.25, 0.3) is 5.57 Å². The Morgan fingerprint density at radius 2 is 1.78 bits per heavy atom. The minimum absolute atomic E-state index is 0.000357. The van der Waals surface area contributed by atoms with Crippen molar-refractivity contribution in [3.05, 3.63) is 59.0 Å². The lowest BCUT2D eigenvalue weighted by Gasteiger charge is -2.21. The highest BCUT2D eigenvalue weighted by molar-refractivity contribution is 8.26. The maximum absolute atomic E-state index is 13.6. The van der Waals surface area contributed by atoms with Crippen molar-refractivity contribution in [2.45, 2.75) is 26.3 Å². The molecule has 3 aliphatic rings. The van der Waals surface area contributed by atoms with E-state index in [2.05, 4.69) is 5.32 Å². The summed E-state index contributed by atoms with van der Waals surface area (Å²) in [5.41, 5.74) is 1.77. The Labute approximate surface area is 246 Å². The second-order valence-electron chi connectivity index (χ2n) is 9.24. The number of aliphatic carboxylic acids is 1. The van der Waals surface area contributed by atoms with Crippen molar-refractivity contribution in [1.82, 2.24) is 4.90 Å². The van der Waals surface area contributed by atoms with Gasteiger partial charge in [0.05, 0.1) is 40.3 Å². The number of benzene rings is 2. The van der Waals surface area contributed by atoms with Gasteiger partial charge in [0, 0.05) is 18.2 Å². The molecule has 3 heterocycles. The van der Waals surface area contributed by atoms with E-state index < -0.39 is 39.6 Å². The van der Waals surface area contributed by atoms with Crippen LogP contribution in [0, 0.1) is 0 Å². The molecule has 41 heavy (non-hydrogen) atoms. The van der Waals surface area contributed by atoms with Crippen LogP contribution < -0.4 is 15.0 Å². The van der Waals surface area contributed by atoms with Gasteiger partial charge in [0.25, 0.3) is 17.8 Å². The molecular weight excluding hydrogens is 591 g/mol. The monoisotopic (exact) mass is 617 g/mol. The van der Waals surface area contributed by atoms with Crippen LogP contribution in [0.4, 0.5) is 11.4 Å². The average molecular weight is 618 g/mol. The number of carbonyl (C=O) groups is 4. The highest BCUT2D eigenvalue weighted by atomic mass is 32.2. The number of anilines is 2. The topological polar surface area (TPSA) is 150 Å². The number of sulfone groups is 1. The number of nitrogens with zero attached hydrogens (tertiary/aromatic N) is 2. The summed E-state index contributed by atoms with van der Waals surface area (Å²) in [7, 11) is -3.23. The molecule has 0 bridgehead atoms. The Kier molecular flexibility index (Phi) is 9.14. The second-order valence-corrected chi connectivity index (χ2v) is 13.1. The highest BCUT2D eigenvalue weighted by Crippen LogP contribution is 2.45. The molecule has 3 aliphatic heterocycles. The molecule has 2 saturated heterocycles. The van der Waals surface area contributed by atoms with Crippen LogP contribution in [0.5, 0.6) is 5.75 Å². The van der Waals surface area contributed by atoms with Crippen molar-refractivity contribution in [3.8, 4) is 5.75 Å². The average Bonchev–Trinajstić information content (AvgIpc) is 3.50. The molecule has 216 valence electrons. The molecule has 2 aromatic rings. The van der Waals surface area contributed by atoms with E-state index in [1.54, 1.807) is 48.5 Å². The van der Waals surface area contributed by atoms with Gasteiger partial charge in [0.15, 0.2) is 9.84 Å². The predicted octanol–water partition coefficient (Wildman–Crippen LogP) is 2.92. The third-order valence-electron chi connectivity index (χ3n) is 6.27. The van der Waals surface area contributed by atoms with Gasteiger partial charge in [-0.25, -0.2) is 8.42 Å². The van der Waals surface area contributed by atoms with Gasteiger partial charge in [0.2, 0.25) is 5.91 Å². The van der Waals surface area contributed by atoms with Gasteiger partial charge in [0.1, 0.15) is 16.6 Å². The van der Waals surface area contributed by atoms with Gasteiger partial charge < -0.3 is 15.2 Å². The van der Waals surface area contributed by atoms with E-state index in [1.807, 2.05) is 6.92 Å². The van der Waals surface area contributed by atoms with E-state index in [-0.39, 0.29) is 32.8 Å². The smallest absolute Gasteiger partial charge is 0.300 e. The first kappa shape index (κ1) is 30.2. The number of nitrogens with one attached hydrogen (secondary N) is 1. The zero-order chi connectivity index (χ0) is 29.9. The minimum Gasteiger partial charge on any atom is -0.494 e.